The van der Waals surface area contributed by atoms with Gasteiger partial charge >= 0.3 is 6.61 Å². The molecule has 3 rings (SSSR count). The number of benzene rings is 2. The lowest BCUT2D eigenvalue weighted by molar-refractivity contribution is -0.122. The molecule has 2 aromatic rings. The second-order valence-electron chi connectivity index (χ2n) is 5.85. The van der Waals surface area contributed by atoms with Crippen LogP contribution < -0.4 is 19.7 Å². The highest BCUT2D eigenvalue weighted by molar-refractivity contribution is 5.98. The van der Waals surface area contributed by atoms with Crippen molar-refractivity contribution in [2.75, 3.05) is 18.1 Å². The lowest BCUT2D eigenvalue weighted by Crippen LogP contribution is -2.41. The topological polar surface area (TPSA) is 67.9 Å². The molecule has 2 aromatic carbocycles. The third-order valence-electron chi connectivity index (χ3n) is 4.01. The molecule has 0 fully saturated rings. The number of rotatable bonds is 7. The predicted octanol–water partition coefficient (Wildman–Crippen LogP) is 2.72. The summed E-state index contributed by atoms with van der Waals surface area (Å²) in [5.74, 6) is 0.254. The molecule has 6 nitrogen and oxygen atoms in total. The molecule has 0 aromatic heterocycles. The van der Waals surface area contributed by atoms with Crippen molar-refractivity contribution in [1.29, 1.82) is 0 Å². The number of hydrogen-bond acceptors (Lipinski definition) is 4. The second-order valence-corrected chi connectivity index (χ2v) is 5.85. The third kappa shape index (κ3) is 4.93. The number of nitrogens with zero attached hydrogens (tertiary/aromatic N) is 1. The van der Waals surface area contributed by atoms with Gasteiger partial charge in [-0.25, -0.2) is 0 Å². The van der Waals surface area contributed by atoms with Crippen LogP contribution in [0.3, 0.4) is 0 Å². The standard InChI is InChI=1S/C19H18F2N2O4/c20-19(21)27-14-7-5-13(6-8-14)11-22-17(24)9-10-23-15-3-1-2-4-16(15)26-12-18(23)25/h1-8,19H,9-12H2,(H,22,24). The van der Waals surface area contributed by atoms with Crippen LogP contribution in [0, 0.1) is 0 Å². The lowest BCUT2D eigenvalue weighted by atomic mass is 10.2. The SMILES string of the molecule is O=C(CCN1C(=O)COc2ccccc21)NCc1ccc(OC(F)F)cc1. The summed E-state index contributed by atoms with van der Waals surface area (Å²) in [5.41, 5.74) is 1.40. The number of ether oxygens (including phenoxy) is 2. The number of carbonyl (C=O) groups is 2. The lowest BCUT2D eigenvalue weighted by Gasteiger charge is -2.29. The fourth-order valence-corrected chi connectivity index (χ4v) is 2.69. The summed E-state index contributed by atoms with van der Waals surface area (Å²) in [4.78, 5) is 25.7. The maximum Gasteiger partial charge on any atom is 0.387 e. The van der Waals surface area contributed by atoms with E-state index in [0.29, 0.717) is 11.4 Å². The molecule has 1 N–H and O–H groups in total. The first-order valence-corrected chi connectivity index (χ1v) is 8.35. The molecule has 1 aliphatic heterocycles. The Kier molecular flexibility index (Phi) is 5.85. The van der Waals surface area contributed by atoms with Gasteiger partial charge in [-0.2, -0.15) is 8.78 Å². The number of anilines is 1. The zero-order chi connectivity index (χ0) is 19.2. The van der Waals surface area contributed by atoms with Crippen LogP contribution in [0.15, 0.2) is 48.5 Å². The summed E-state index contributed by atoms with van der Waals surface area (Å²) in [7, 11) is 0. The number of para-hydroxylation sites is 2. The van der Waals surface area contributed by atoms with Crippen molar-refractivity contribution in [2.45, 2.75) is 19.6 Å². The van der Waals surface area contributed by atoms with Crippen LogP contribution in [0.5, 0.6) is 11.5 Å². The van der Waals surface area contributed by atoms with Gasteiger partial charge in [0.1, 0.15) is 11.5 Å². The van der Waals surface area contributed by atoms with E-state index in [2.05, 4.69) is 10.1 Å². The Morgan fingerprint density at radius 2 is 1.93 bits per heavy atom. The molecule has 0 atom stereocenters. The molecule has 0 unspecified atom stereocenters. The number of nitrogens with one attached hydrogen (secondary N) is 1. The average Bonchev–Trinajstić information content (AvgIpc) is 2.66. The smallest absolute Gasteiger partial charge is 0.387 e. The zero-order valence-corrected chi connectivity index (χ0v) is 14.4. The number of halogens is 2. The van der Waals surface area contributed by atoms with Crippen LogP contribution in [0.2, 0.25) is 0 Å². The van der Waals surface area contributed by atoms with Crippen LogP contribution in [0.25, 0.3) is 0 Å². The molecular formula is C19H18F2N2O4. The maximum absolute atomic E-state index is 12.1. The van der Waals surface area contributed by atoms with Gasteiger partial charge in [0.05, 0.1) is 5.69 Å². The van der Waals surface area contributed by atoms with E-state index in [0.717, 1.165) is 5.56 Å². The molecular weight excluding hydrogens is 358 g/mol. The molecule has 0 spiro atoms. The van der Waals surface area contributed by atoms with Crippen molar-refractivity contribution in [3.05, 3.63) is 54.1 Å². The van der Waals surface area contributed by atoms with Gasteiger partial charge in [0.15, 0.2) is 6.61 Å². The highest BCUT2D eigenvalue weighted by Crippen LogP contribution is 2.31. The molecule has 0 radical (unpaired) electrons. The van der Waals surface area contributed by atoms with Crippen LogP contribution in [-0.2, 0) is 16.1 Å². The number of alkyl halides is 2. The maximum atomic E-state index is 12.1. The van der Waals surface area contributed by atoms with Gasteiger partial charge in [-0.15, -0.1) is 0 Å². The number of hydrogen-bond donors (Lipinski definition) is 1. The Morgan fingerprint density at radius 1 is 1.19 bits per heavy atom. The largest absolute Gasteiger partial charge is 0.482 e. The fraction of sp³-hybridized carbons (Fsp3) is 0.263. The second kappa shape index (κ2) is 8.48. The van der Waals surface area contributed by atoms with Crippen molar-refractivity contribution < 1.29 is 27.8 Å². The number of fused-ring (bicyclic) bond motifs is 1. The molecule has 0 aliphatic carbocycles. The summed E-state index contributed by atoms with van der Waals surface area (Å²) in [6, 6.07) is 13.2. The number of carbonyl (C=O) groups excluding carboxylic acids is 2. The molecule has 8 heteroatoms. The van der Waals surface area contributed by atoms with Gasteiger partial charge in [0, 0.05) is 19.5 Å². The minimum atomic E-state index is -2.87. The summed E-state index contributed by atoms with van der Waals surface area (Å²) in [5, 5.41) is 2.74. The van der Waals surface area contributed by atoms with Crippen molar-refractivity contribution in [3.63, 3.8) is 0 Å². The summed E-state index contributed by atoms with van der Waals surface area (Å²) in [6.07, 6.45) is 0.132. The highest BCUT2D eigenvalue weighted by atomic mass is 19.3. The monoisotopic (exact) mass is 376 g/mol. The van der Waals surface area contributed by atoms with Gasteiger partial charge in [-0.05, 0) is 29.8 Å². The van der Waals surface area contributed by atoms with Gasteiger partial charge < -0.3 is 19.7 Å². The molecule has 142 valence electrons. The Balaban J connectivity index is 1.49. The van der Waals surface area contributed by atoms with E-state index in [4.69, 9.17) is 4.74 Å². The first kappa shape index (κ1) is 18.6. The molecule has 27 heavy (non-hydrogen) atoms. The van der Waals surface area contributed by atoms with E-state index in [1.165, 1.54) is 17.0 Å². The van der Waals surface area contributed by atoms with Crippen LogP contribution in [0.1, 0.15) is 12.0 Å². The van der Waals surface area contributed by atoms with Gasteiger partial charge in [-0.3, -0.25) is 9.59 Å². The van der Waals surface area contributed by atoms with Crippen LogP contribution >= 0.6 is 0 Å². The van der Waals surface area contributed by atoms with E-state index in [1.807, 2.05) is 6.07 Å². The summed E-state index contributed by atoms with van der Waals surface area (Å²) >= 11 is 0. The highest BCUT2D eigenvalue weighted by Gasteiger charge is 2.25. The molecule has 0 saturated heterocycles. The van der Waals surface area contributed by atoms with Gasteiger partial charge in [-0.1, -0.05) is 24.3 Å². The van der Waals surface area contributed by atoms with Crippen molar-refractivity contribution >= 4 is 17.5 Å². The minimum absolute atomic E-state index is 0.0499. The van der Waals surface area contributed by atoms with Crippen molar-refractivity contribution in [2.24, 2.45) is 0 Å². The Hall–Kier alpha value is -3.16. The average molecular weight is 376 g/mol. The van der Waals surface area contributed by atoms with Crippen LogP contribution in [-0.4, -0.2) is 31.6 Å². The Morgan fingerprint density at radius 3 is 2.67 bits per heavy atom. The minimum Gasteiger partial charge on any atom is -0.482 e. The van der Waals surface area contributed by atoms with Gasteiger partial charge in [0.25, 0.3) is 5.91 Å². The van der Waals surface area contributed by atoms with E-state index < -0.39 is 6.61 Å². The van der Waals surface area contributed by atoms with E-state index >= 15 is 0 Å². The quantitative estimate of drug-likeness (QED) is 0.807. The van der Waals surface area contributed by atoms with Crippen LogP contribution in [0.4, 0.5) is 14.5 Å². The predicted molar refractivity (Wildman–Crippen MR) is 93.8 cm³/mol. The Labute approximate surface area is 154 Å². The Bertz CT molecular complexity index is 812. The third-order valence-corrected chi connectivity index (χ3v) is 4.01. The van der Waals surface area contributed by atoms with E-state index in [9.17, 15) is 18.4 Å². The van der Waals surface area contributed by atoms with Crippen molar-refractivity contribution in [3.8, 4) is 11.5 Å². The fourth-order valence-electron chi connectivity index (χ4n) is 2.69. The van der Waals surface area contributed by atoms with Crippen molar-refractivity contribution in [1.82, 2.24) is 5.32 Å². The van der Waals surface area contributed by atoms with E-state index in [-0.39, 0.29) is 43.7 Å². The molecule has 1 heterocycles. The molecule has 1 aliphatic rings. The zero-order valence-electron chi connectivity index (χ0n) is 14.4. The van der Waals surface area contributed by atoms with E-state index in [1.54, 1.807) is 30.3 Å². The first-order valence-electron chi connectivity index (χ1n) is 8.35. The van der Waals surface area contributed by atoms with Gasteiger partial charge in [0.2, 0.25) is 5.91 Å². The molecule has 2 amide bonds. The molecule has 0 bridgehead atoms. The number of amides is 2. The molecule has 0 saturated carbocycles. The summed E-state index contributed by atoms with van der Waals surface area (Å²) < 4.78 is 33.9. The summed E-state index contributed by atoms with van der Waals surface area (Å²) in [6.45, 7) is -2.43. The normalized spacial score (nSPS) is 13.1. The first-order chi connectivity index (χ1) is 13.0.